The first-order valence-corrected chi connectivity index (χ1v) is 10.8. The molecule has 33 heavy (non-hydrogen) atoms. The number of aromatic nitrogens is 2. The van der Waals surface area contributed by atoms with E-state index in [0.29, 0.717) is 26.6 Å². The number of hydrogen-bond acceptors (Lipinski definition) is 5. The lowest BCUT2D eigenvalue weighted by molar-refractivity contribution is -0.118. The number of fused-ring (bicyclic) bond motifs is 1. The van der Waals surface area contributed by atoms with Crippen LogP contribution in [0.4, 0.5) is 5.69 Å². The second-order valence-corrected chi connectivity index (χ2v) is 8.12. The van der Waals surface area contributed by atoms with Gasteiger partial charge in [-0.2, -0.15) is 5.10 Å². The molecule has 0 radical (unpaired) electrons. The average molecular weight is 528 g/mol. The number of carbonyl (C=O) groups excluding carboxylic acids is 1. The Hall–Kier alpha value is -3.69. The van der Waals surface area contributed by atoms with Crippen LogP contribution in [-0.4, -0.2) is 28.4 Å². The van der Waals surface area contributed by atoms with E-state index in [0.717, 1.165) is 4.68 Å². The Morgan fingerprint density at radius 1 is 1.12 bits per heavy atom. The molecule has 1 amide bonds. The van der Waals surface area contributed by atoms with Gasteiger partial charge in [0.2, 0.25) is 0 Å². The molecule has 2 N–H and O–H groups in total. The topological polar surface area (TPSA) is 106 Å². The monoisotopic (exact) mass is 526 g/mol. The fourth-order valence-corrected chi connectivity index (χ4v) is 4.02. The second kappa shape index (κ2) is 9.85. The van der Waals surface area contributed by atoms with Gasteiger partial charge in [0.25, 0.3) is 11.5 Å². The maximum absolute atomic E-state index is 12.6. The first-order valence-electron chi connectivity index (χ1n) is 9.67. The number of aromatic amines is 1. The van der Waals surface area contributed by atoms with Crippen LogP contribution in [0.3, 0.4) is 0 Å². The number of hydrogen-bond donors (Lipinski definition) is 2. The quantitative estimate of drug-likeness (QED) is 0.370. The van der Waals surface area contributed by atoms with E-state index in [-0.39, 0.29) is 23.3 Å². The Morgan fingerprint density at radius 3 is 2.61 bits per heavy atom. The van der Waals surface area contributed by atoms with Crippen molar-refractivity contribution in [3.05, 3.63) is 103 Å². The SMILES string of the molecule is O=C(COc1c(Cl)cc(C=Nn2c(=O)[nH]c3ccccc3c2=O)cc1Br)Nc1ccccc1. The molecule has 0 aliphatic carbocycles. The van der Waals surface area contributed by atoms with Crippen LogP contribution in [0.5, 0.6) is 5.75 Å². The maximum Gasteiger partial charge on any atom is 0.349 e. The van der Waals surface area contributed by atoms with Crippen LogP contribution in [0, 0.1) is 0 Å². The number of anilines is 1. The van der Waals surface area contributed by atoms with Crippen molar-refractivity contribution in [2.45, 2.75) is 0 Å². The van der Waals surface area contributed by atoms with Gasteiger partial charge in [0.1, 0.15) is 0 Å². The predicted molar refractivity (Wildman–Crippen MR) is 132 cm³/mol. The van der Waals surface area contributed by atoms with Gasteiger partial charge in [0.05, 0.1) is 26.6 Å². The van der Waals surface area contributed by atoms with Crippen LogP contribution < -0.4 is 21.3 Å². The lowest BCUT2D eigenvalue weighted by atomic mass is 10.2. The Labute approximate surface area is 200 Å². The van der Waals surface area contributed by atoms with Crippen molar-refractivity contribution < 1.29 is 9.53 Å². The van der Waals surface area contributed by atoms with E-state index < -0.39 is 11.2 Å². The average Bonchev–Trinajstić information content (AvgIpc) is 2.79. The molecular weight excluding hydrogens is 512 g/mol. The van der Waals surface area contributed by atoms with Gasteiger partial charge in [-0.05, 0) is 57.9 Å². The minimum absolute atomic E-state index is 0.220. The summed E-state index contributed by atoms with van der Waals surface area (Å²) in [5.74, 6) is -0.0672. The van der Waals surface area contributed by atoms with Gasteiger partial charge in [-0.15, -0.1) is 4.68 Å². The van der Waals surface area contributed by atoms with Crippen LogP contribution in [0.25, 0.3) is 10.9 Å². The highest BCUT2D eigenvalue weighted by Gasteiger charge is 2.12. The summed E-state index contributed by atoms with van der Waals surface area (Å²) in [5, 5.41) is 7.28. The molecule has 4 rings (SSSR count). The van der Waals surface area contributed by atoms with Crippen molar-refractivity contribution in [2.75, 3.05) is 11.9 Å². The van der Waals surface area contributed by atoms with Crippen molar-refractivity contribution >= 4 is 56.2 Å². The van der Waals surface area contributed by atoms with E-state index in [4.69, 9.17) is 16.3 Å². The zero-order valence-electron chi connectivity index (χ0n) is 16.9. The largest absolute Gasteiger partial charge is 0.481 e. The van der Waals surface area contributed by atoms with Crippen LogP contribution in [0.2, 0.25) is 5.02 Å². The van der Waals surface area contributed by atoms with Crippen molar-refractivity contribution in [3.8, 4) is 5.75 Å². The summed E-state index contributed by atoms with van der Waals surface area (Å²) < 4.78 is 6.77. The van der Waals surface area contributed by atoms with Crippen molar-refractivity contribution in [3.63, 3.8) is 0 Å². The highest BCUT2D eigenvalue weighted by molar-refractivity contribution is 9.10. The fraction of sp³-hybridized carbons (Fsp3) is 0.0435. The van der Waals surface area contributed by atoms with Gasteiger partial charge in [0, 0.05) is 5.69 Å². The van der Waals surface area contributed by atoms with Gasteiger partial charge < -0.3 is 15.0 Å². The number of carbonyl (C=O) groups is 1. The van der Waals surface area contributed by atoms with E-state index in [9.17, 15) is 14.4 Å². The lowest BCUT2D eigenvalue weighted by Gasteiger charge is -2.11. The fourth-order valence-electron chi connectivity index (χ4n) is 3.03. The summed E-state index contributed by atoms with van der Waals surface area (Å²) in [5.41, 5.74) is 0.390. The standard InChI is InChI=1S/C23H16BrClN4O4/c24-17-10-14(12-26-29-22(31)16-8-4-5-9-19(16)28-23(29)32)11-18(25)21(17)33-13-20(30)27-15-6-2-1-3-7-15/h1-12H,13H2,(H,27,30)(H,28,32). The number of amides is 1. The molecular formula is C23H16BrClN4O4. The lowest BCUT2D eigenvalue weighted by Crippen LogP contribution is -2.32. The number of halogens is 2. The highest BCUT2D eigenvalue weighted by Crippen LogP contribution is 2.34. The number of H-pyrrole nitrogens is 1. The molecule has 10 heteroatoms. The zero-order chi connectivity index (χ0) is 23.4. The molecule has 3 aromatic carbocycles. The summed E-state index contributed by atoms with van der Waals surface area (Å²) in [4.78, 5) is 39.5. The molecule has 166 valence electrons. The van der Waals surface area contributed by atoms with Gasteiger partial charge >= 0.3 is 5.69 Å². The minimum Gasteiger partial charge on any atom is -0.481 e. The van der Waals surface area contributed by atoms with Crippen molar-refractivity contribution in [1.82, 2.24) is 9.66 Å². The molecule has 1 heterocycles. The molecule has 0 aliphatic heterocycles. The third-order valence-electron chi connectivity index (χ3n) is 4.53. The summed E-state index contributed by atoms with van der Waals surface area (Å²) >= 11 is 9.68. The molecule has 0 unspecified atom stereocenters. The number of rotatable bonds is 6. The Morgan fingerprint density at radius 2 is 1.85 bits per heavy atom. The molecule has 0 spiro atoms. The molecule has 1 aromatic heterocycles. The van der Waals surface area contributed by atoms with E-state index in [2.05, 4.69) is 31.3 Å². The number of nitrogens with one attached hydrogen (secondary N) is 2. The molecule has 0 aliphatic rings. The van der Waals surface area contributed by atoms with E-state index in [1.165, 1.54) is 6.21 Å². The maximum atomic E-state index is 12.6. The van der Waals surface area contributed by atoms with E-state index >= 15 is 0 Å². The highest BCUT2D eigenvalue weighted by atomic mass is 79.9. The first-order chi connectivity index (χ1) is 15.9. The van der Waals surface area contributed by atoms with E-state index in [1.54, 1.807) is 48.5 Å². The van der Waals surface area contributed by atoms with Crippen LogP contribution in [-0.2, 0) is 4.79 Å². The molecule has 0 saturated heterocycles. The molecule has 0 fully saturated rings. The number of nitrogens with zero attached hydrogens (tertiary/aromatic N) is 2. The van der Waals surface area contributed by atoms with Gasteiger partial charge in [0.15, 0.2) is 12.4 Å². The van der Waals surface area contributed by atoms with Gasteiger partial charge in [-0.1, -0.05) is 41.9 Å². The Bertz CT molecular complexity index is 1460. The molecule has 0 atom stereocenters. The normalized spacial score (nSPS) is 11.1. The number of benzene rings is 3. The number of ether oxygens (including phenoxy) is 1. The summed E-state index contributed by atoms with van der Waals surface area (Å²) in [6, 6.07) is 18.8. The third-order valence-corrected chi connectivity index (χ3v) is 5.40. The van der Waals surface area contributed by atoms with Crippen molar-refractivity contribution in [1.29, 1.82) is 0 Å². The Kier molecular flexibility index (Phi) is 6.71. The van der Waals surface area contributed by atoms with E-state index in [1.807, 2.05) is 18.2 Å². The van der Waals surface area contributed by atoms with Crippen LogP contribution in [0.1, 0.15) is 5.56 Å². The van der Waals surface area contributed by atoms with Gasteiger partial charge in [-0.25, -0.2) is 4.79 Å². The Balaban J connectivity index is 1.51. The van der Waals surface area contributed by atoms with Crippen molar-refractivity contribution in [2.24, 2.45) is 5.10 Å². The summed E-state index contributed by atoms with van der Waals surface area (Å²) in [6.45, 7) is -0.248. The smallest absolute Gasteiger partial charge is 0.349 e. The summed E-state index contributed by atoms with van der Waals surface area (Å²) in [7, 11) is 0. The zero-order valence-corrected chi connectivity index (χ0v) is 19.3. The molecule has 8 nitrogen and oxygen atoms in total. The minimum atomic E-state index is -0.663. The molecule has 0 saturated carbocycles. The molecule has 4 aromatic rings. The van der Waals surface area contributed by atoms with Crippen LogP contribution in [0.15, 0.2) is 85.9 Å². The first kappa shape index (κ1) is 22.5. The second-order valence-electron chi connectivity index (χ2n) is 6.85. The molecule has 0 bridgehead atoms. The third kappa shape index (κ3) is 5.21. The van der Waals surface area contributed by atoms with Crippen LogP contribution >= 0.6 is 27.5 Å². The summed E-state index contributed by atoms with van der Waals surface area (Å²) in [6.07, 6.45) is 1.33. The van der Waals surface area contributed by atoms with Gasteiger partial charge in [-0.3, -0.25) is 9.59 Å². The predicted octanol–water partition coefficient (Wildman–Crippen LogP) is 4.01. The number of para-hydroxylation sites is 2.